The first-order chi connectivity index (χ1) is 6.06. The van der Waals surface area contributed by atoms with Crippen LogP contribution in [0.5, 0.6) is 11.5 Å². The van der Waals surface area contributed by atoms with E-state index in [0.717, 1.165) is 5.75 Å². The van der Waals surface area contributed by atoms with Crippen molar-refractivity contribution < 1.29 is 23.0 Å². The van der Waals surface area contributed by atoms with Gasteiger partial charge in [-0.2, -0.15) is 13.2 Å². The van der Waals surface area contributed by atoms with E-state index in [0.29, 0.717) is 0 Å². The minimum absolute atomic E-state index is 0.260. The van der Waals surface area contributed by atoms with Crippen LogP contribution < -0.4 is 4.74 Å². The number of hydrogen-bond acceptors (Lipinski definition) is 2. The van der Waals surface area contributed by atoms with Crippen molar-refractivity contribution in [3.05, 3.63) is 24.3 Å². The fraction of sp³-hybridized carbons (Fsp3) is 0.250. The van der Waals surface area contributed by atoms with E-state index in [1.807, 2.05) is 0 Å². The van der Waals surface area contributed by atoms with Crippen LogP contribution in [0.1, 0.15) is 0 Å². The van der Waals surface area contributed by atoms with Crippen molar-refractivity contribution in [2.75, 3.05) is 7.11 Å². The molecular weight excluding hydrogens is 185 g/mol. The van der Waals surface area contributed by atoms with Gasteiger partial charge in [0, 0.05) is 0 Å². The molecule has 0 aliphatic rings. The van der Waals surface area contributed by atoms with E-state index < -0.39 is 6.68 Å². The third kappa shape index (κ3) is 6.99. The Kier molecular flexibility index (Phi) is 5.50. The molecule has 1 rings (SSSR count). The molecule has 0 bridgehead atoms. The minimum Gasteiger partial charge on any atom is -0.508 e. The van der Waals surface area contributed by atoms with Crippen LogP contribution >= 0.6 is 0 Å². The third-order valence-corrected chi connectivity index (χ3v) is 1.07. The topological polar surface area (TPSA) is 29.5 Å². The number of phenols is 1. The van der Waals surface area contributed by atoms with Crippen LogP contribution in [0.3, 0.4) is 0 Å². The van der Waals surface area contributed by atoms with Crippen molar-refractivity contribution in [1.82, 2.24) is 0 Å². The largest absolute Gasteiger partial charge is 0.508 e. The summed E-state index contributed by atoms with van der Waals surface area (Å²) < 4.78 is 33.9. The first kappa shape index (κ1) is 11.6. The molecule has 74 valence electrons. The smallest absolute Gasteiger partial charge is 0.379 e. The van der Waals surface area contributed by atoms with Gasteiger partial charge in [-0.25, -0.2) is 0 Å². The molecule has 0 aliphatic heterocycles. The molecule has 0 unspecified atom stereocenters. The predicted octanol–water partition coefficient (Wildman–Crippen LogP) is 2.58. The molecule has 0 saturated carbocycles. The van der Waals surface area contributed by atoms with Gasteiger partial charge in [0.2, 0.25) is 0 Å². The van der Waals surface area contributed by atoms with Gasteiger partial charge < -0.3 is 9.84 Å². The summed E-state index contributed by atoms with van der Waals surface area (Å²) in [5.74, 6) is 1.02. The van der Waals surface area contributed by atoms with E-state index >= 15 is 0 Å². The number of benzene rings is 1. The van der Waals surface area contributed by atoms with Gasteiger partial charge in [-0.3, -0.25) is 0 Å². The lowest BCUT2D eigenvalue weighted by Crippen LogP contribution is -1.79. The molecule has 0 heterocycles. The maximum atomic E-state index is 9.67. The molecule has 0 radical (unpaired) electrons. The Balaban J connectivity index is 0.000000310. The van der Waals surface area contributed by atoms with E-state index in [1.54, 1.807) is 31.4 Å². The van der Waals surface area contributed by atoms with Gasteiger partial charge in [0.05, 0.1) is 7.11 Å². The quantitative estimate of drug-likeness (QED) is 0.744. The molecule has 0 saturated heterocycles. The lowest BCUT2D eigenvalue weighted by Gasteiger charge is -1.96. The fourth-order valence-electron chi connectivity index (χ4n) is 0.582. The maximum Gasteiger partial charge on any atom is 0.379 e. The minimum atomic E-state index is -3.67. The summed E-state index contributed by atoms with van der Waals surface area (Å²) in [6.45, 7) is -3.67. The number of methoxy groups -OCH3 is 1. The lowest BCUT2D eigenvalue weighted by molar-refractivity contribution is 0.00819. The van der Waals surface area contributed by atoms with Crippen molar-refractivity contribution in [3.8, 4) is 11.5 Å². The van der Waals surface area contributed by atoms with Crippen LogP contribution in [0.4, 0.5) is 13.2 Å². The first-order valence-electron chi connectivity index (χ1n) is 3.31. The molecule has 0 aliphatic carbocycles. The molecule has 1 N–H and O–H groups in total. The number of aromatic hydroxyl groups is 1. The summed E-state index contributed by atoms with van der Waals surface area (Å²) in [5.41, 5.74) is 0. The molecule has 0 atom stereocenters. The highest BCUT2D eigenvalue weighted by atomic mass is 19.4. The molecule has 0 spiro atoms. The Labute approximate surface area is 73.6 Å². The second-order valence-electron chi connectivity index (χ2n) is 1.95. The van der Waals surface area contributed by atoms with Gasteiger partial charge >= 0.3 is 6.68 Å². The summed E-state index contributed by atoms with van der Waals surface area (Å²) in [4.78, 5) is 0. The van der Waals surface area contributed by atoms with E-state index in [2.05, 4.69) is 0 Å². The van der Waals surface area contributed by atoms with E-state index in [4.69, 9.17) is 9.84 Å². The Hall–Kier alpha value is -1.39. The van der Waals surface area contributed by atoms with Crippen LogP contribution in [0.2, 0.25) is 0 Å². The van der Waals surface area contributed by atoms with Gasteiger partial charge in [-0.15, -0.1) is 0 Å². The summed E-state index contributed by atoms with van der Waals surface area (Å²) in [6, 6.07) is 6.57. The van der Waals surface area contributed by atoms with Gasteiger partial charge in [-0.1, -0.05) is 0 Å². The standard InChI is InChI=1S/C7H8O2.CHF3/c1-9-7-4-2-6(8)3-5-7;2-1(3)4/h2-5,8H,1H3;1H. The van der Waals surface area contributed by atoms with Crippen LogP contribution in [-0.2, 0) is 0 Å². The second-order valence-corrected chi connectivity index (χ2v) is 1.95. The molecule has 0 amide bonds. The van der Waals surface area contributed by atoms with Crippen molar-refractivity contribution in [1.29, 1.82) is 0 Å². The second kappa shape index (κ2) is 6.16. The third-order valence-electron chi connectivity index (χ3n) is 1.07. The van der Waals surface area contributed by atoms with E-state index in [-0.39, 0.29) is 5.75 Å². The van der Waals surface area contributed by atoms with Gasteiger partial charge in [0.15, 0.2) is 0 Å². The Morgan fingerprint density at radius 3 is 1.85 bits per heavy atom. The average molecular weight is 194 g/mol. The number of alkyl halides is 3. The van der Waals surface area contributed by atoms with E-state index in [9.17, 15) is 13.2 Å². The lowest BCUT2D eigenvalue weighted by atomic mass is 10.3. The van der Waals surface area contributed by atoms with Gasteiger partial charge in [0.25, 0.3) is 0 Å². The zero-order valence-electron chi connectivity index (χ0n) is 6.88. The number of ether oxygens (including phenoxy) is 1. The fourth-order valence-corrected chi connectivity index (χ4v) is 0.582. The van der Waals surface area contributed by atoms with Crippen molar-refractivity contribution in [2.24, 2.45) is 0 Å². The monoisotopic (exact) mass is 194 g/mol. The van der Waals surface area contributed by atoms with E-state index in [1.165, 1.54) is 0 Å². The maximum absolute atomic E-state index is 9.67. The summed E-state index contributed by atoms with van der Waals surface area (Å²) in [6.07, 6.45) is 0. The SMILES string of the molecule is COc1ccc(O)cc1.FC(F)F. The molecule has 1 aromatic rings. The first-order valence-corrected chi connectivity index (χ1v) is 3.31. The Morgan fingerprint density at radius 1 is 1.15 bits per heavy atom. The molecule has 5 heteroatoms. The number of rotatable bonds is 1. The van der Waals surface area contributed by atoms with Crippen LogP contribution in [0.15, 0.2) is 24.3 Å². The molecule has 2 nitrogen and oxygen atoms in total. The van der Waals surface area contributed by atoms with Gasteiger partial charge in [-0.05, 0) is 24.3 Å². The number of phenolic OH excluding ortho intramolecular Hbond substituents is 1. The van der Waals surface area contributed by atoms with Gasteiger partial charge in [0.1, 0.15) is 11.5 Å². The zero-order chi connectivity index (χ0) is 10.3. The number of halogens is 3. The number of hydrogen-bond donors (Lipinski definition) is 1. The Morgan fingerprint density at radius 2 is 1.54 bits per heavy atom. The summed E-state index contributed by atoms with van der Waals surface area (Å²) in [5, 5.41) is 8.80. The molecule has 0 fully saturated rings. The van der Waals surface area contributed by atoms with Crippen LogP contribution in [-0.4, -0.2) is 18.9 Å². The highest BCUT2D eigenvalue weighted by molar-refractivity contribution is 5.29. The van der Waals surface area contributed by atoms with Crippen LogP contribution in [0, 0.1) is 0 Å². The zero-order valence-corrected chi connectivity index (χ0v) is 6.88. The molecular formula is C8H9F3O2. The van der Waals surface area contributed by atoms with Crippen LogP contribution in [0.25, 0.3) is 0 Å². The summed E-state index contributed by atoms with van der Waals surface area (Å²) in [7, 11) is 1.59. The Bertz CT molecular complexity index is 221. The van der Waals surface area contributed by atoms with Crippen molar-refractivity contribution >= 4 is 0 Å². The average Bonchev–Trinajstić information content (AvgIpc) is 2.05. The van der Waals surface area contributed by atoms with Crippen molar-refractivity contribution in [3.63, 3.8) is 0 Å². The highest BCUT2D eigenvalue weighted by Crippen LogP contribution is 2.14. The normalized spacial score (nSPS) is 9.00. The predicted molar refractivity (Wildman–Crippen MR) is 41.8 cm³/mol. The summed E-state index contributed by atoms with van der Waals surface area (Å²) >= 11 is 0. The highest BCUT2D eigenvalue weighted by Gasteiger charge is 1.87. The molecule has 1 aromatic carbocycles. The van der Waals surface area contributed by atoms with Crippen molar-refractivity contribution in [2.45, 2.75) is 6.68 Å². The molecule has 13 heavy (non-hydrogen) atoms. The molecule has 0 aromatic heterocycles.